The van der Waals surface area contributed by atoms with Crippen molar-refractivity contribution in [2.45, 2.75) is 45.6 Å². The van der Waals surface area contributed by atoms with Crippen molar-refractivity contribution in [3.05, 3.63) is 35.9 Å². The van der Waals surface area contributed by atoms with Gasteiger partial charge in [-0.15, -0.1) is 0 Å². The van der Waals surface area contributed by atoms with E-state index in [-0.39, 0.29) is 0 Å². The monoisotopic (exact) mass is 217 g/mol. The Kier molecular flexibility index (Phi) is 3.65. The highest BCUT2D eigenvalue weighted by molar-refractivity contribution is 5.15. The normalized spacial score (nSPS) is 29.5. The van der Waals surface area contributed by atoms with Gasteiger partial charge in [0.1, 0.15) is 0 Å². The van der Waals surface area contributed by atoms with Crippen LogP contribution in [-0.2, 0) is 6.42 Å². The van der Waals surface area contributed by atoms with Crippen molar-refractivity contribution in [1.29, 1.82) is 0 Å². The molecule has 2 rings (SSSR count). The van der Waals surface area contributed by atoms with Crippen LogP contribution in [0.5, 0.6) is 0 Å². The Balaban J connectivity index is 1.94. The van der Waals surface area contributed by atoms with Gasteiger partial charge in [-0.25, -0.2) is 0 Å². The minimum Gasteiger partial charge on any atom is -0.313 e. The van der Waals surface area contributed by atoms with Gasteiger partial charge < -0.3 is 5.32 Å². The molecule has 1 aromatic carbocycles. The summed E-state index contributed by atoms with van der Waals surface area (Å²) in [4.78, 5) is 0. The quantitative estimate of drug-likeness (QED) is 0.815. The van der Waals surface area contributed by atoms with Crippen LogP contribution in [0.2, 0.25) is 0 Å². The summed E-state index contributed by atoms with van der Waals surface area (Å²) in [6.45, 7) is 5.94. The van der Waals surface area contributed by atoms with E-state index < -0.39 is 0 Å². The van der Waals surface area contributed by atoms with Crippen molar-refractivity contribution in [3.8, 4) is 0 Å². The molecule has 2 atom stereocenters. The van der Waals surface area contributed by atoms with Gasteiger partial charge in [0.15, 0.2) is 0 Å². The van der Waals surface area contributed by atoms with Gasteiger partial charge in [0.2, 0.25) is 0 Å². The van der Waals surface area contributed by atoms with E-state index in [2.05, 4.69) is 49.5 Å². The molecule has 0 radical (unpaired) electrons. The lowest BCUT2D eigenvalue weighted by atomic mass is 9.77. The van der Waals surface area contributed by atoms with Crippen LogP contribution in [0, 0.1) is 5.41 Å². The van der Waals surface area contributed by atoms with E-state index in [1.165, 1.54) is 37.8 Å². The molecule has 88 valence electrons. The summed E-state index contributed by atoms with van der Waals surface area (Å²) in [6.07, 6.45) is 5.11. The summed E-state index contributed by atoms with van der Waals surface area (Å²) in [5.41, 5.74) is 1.98. The molecule has 0 amide bonds. The van der Waals surface area contributed by atoms with Gasteiger partial charge in [-0.3, -0.25) is 0 Å². The Morgan fingerprint density at radius 2 is 2.06 bits per heavy atom. The Labute approximate surface area is 99.3 Å². The lowest BCUT2D eigenvalue weighted by Crippen LogP contribution is -2.34. The van der Waals surface area contributed by atoms with Gasteiger partial charge in [0.25, 0.3) is 0 Å². The second-order valence-electron chi connectivity index (χ2n) is 5.30. The highest BCUT2D eigenvalue weighted by Gasteiger charge is 2.36. The lowest BCUT2D eigenvalue weighted by molar-refractivity contribution is 0.251. The third-order valence-corrected chi connectivity index (χ3v) is 4.16. The van der Waals surface area contributed by atoms with E-state index in [1.54, 1.807) is 0 Å². The van der Waals surface area contributed by atoms with E-state index in [0.717, 1.165) is 6.04 Å². The Hall–Kier alpha value is -0.820. The first-order chi connectivity index (χ1) is 7.74. The van der Waals surface area contributed by atoms with Gasteiger partial charge in [0, 0.05) is 6.04 Å². The van der Waals surface area contributed by atoms with Gasteiger partial charge >= 0.3 is 0 Å². The molecule has 1 aromatic rings. The smallest absolute Gasteiger partial charge is 0.0119 e. The summed E-state index contributed by atoms with van der Waals surface area (Å²) in [6, 6.07) is 11.6. The molecule has 1 heteroatoms. The zero-order valence-electron chi connectivity index (χ0n) is 10.5. The standard InChI is InChI=1S/C15H23N/c1-3-14-15(2,11-12-16-14)10-9-13-7-5-4-6-8-13/h4-8,14,16H,3,9-12H2,1-2H3. The molecule has 0 aromatic heterocycles. The van der Waals surface area contributed by atoms with Crippen LogP contribution in [-0.4, -0.2) is 12.6 Å². The molecule has 1 aliphatic heterocycles. The molecule has 0 spiro atoms. The molecule has 1 aliphatic rings. The molecule has 1 N–H and O–H groups in total. The molecule has 1 nitrogen and oxygen atoms in total. The summed E-state index contributed by atoms with van der Waals surface area (Å²) >= 11 is 0. The molecule has 0 saturated carbocycles. The first-order valence-corrected chi connectivity index (χ1v) is 6.52. The predicted molar refractivity (Wildman–Crippen MR) is 69.6 cm³/mol. The van der Waals surface area contributed by atoms with Crippen molar-refractivity contribution in [2.24, 2.45) is 5.41 Å². The third kappa shape index (κ3) is 2.46. The molecule has 1 heterocycles. The molecule has 16 heavy (non-hydrogen) atoms. The van der Waals surface area contributed by atoms with E-state index >= 15 is 0 Å². The average Bonchev–Trinajstić information content (AvgIpc) is 2.70. The molecule has 2 unspecified atom stereocenters. The SMILES string of the molecule is CCC1NCCC1(C)CCc1ccccc1. The minimum atomic E-state index is 0.505. The van der Waals surface area contributed by atoms with Crippen LogP contribution in [0.15, 0.2) is 30.3 Å². The molecule has 0 aliphatic carbocycles. The van der Waals surface area contributed by atoms with Crippen LogP contribution < -0.4 is 5.32 Å². The van der Waals surface area contributed by atoms with E-state index in [0.29, 0.717) is 5.41 Å². The number of rotatable bonds is 4. The van der Waals surface area contributed by atoms with Gasteiger partial charge in [-0.1, -0.05) is 44.2 Å². The minimum absolute atomic E-state index is 0.505. The maximum Gasteiger partial charge on any atom is 0.0119 e. The lowest BCUT2D eigenvalue weighted by Gasteiger charge is -2.30. The van der Waals surface area contributed by atoms with Gasteiger partial charge in [-0.2, -0.15) is 0 Å². The zero-order chi connectivity index (χ0) is 11.4. The number of benzene rings is 1. The predicted octanol–water partition coefficient (Wildman–Crippen LogP) is 3.40. The van der Waals surface area contributed by atoms with Crippen molar-refractivity contribution in [3.63, 3.8) is 0 Å². The van der Waals surface area contributed by atoms with Crippen LogP contribution in [0.1, 0.15) is 38.7 Å². The summed E-state index contributed by atoms with van der Waals surface area (Å²) in [7, 11) is 0. The second-order valence-corrected chi connectivity index (χ2v) is 5.30. The van der Waals surface area contributed by atoms with Crippen LogP contribution in [0.4, 0.5) is 0 Å². The summed E-state index contributed by atoms with van der Waals surface area (Å²) < 4.78 is 0. The highest BCUT2D eigenvalue weighted by atomic mass is 15.0. The zero-order valence-corrected chi connectivity index (χ0v) is 10.5. The number of nitrogens with one attached hydrogen (secondary N) is 1. The second kappa shape index (κ2) is 5.01. The first kappa shape index (κ1) is 11.7. The van der Waals surface area contributed by atoms with Crippen LogP contribution in [0.25, 0.3) is 0 Å². The van der Waals surface area contributed by atoms with Crippen molar-refractivity contribution in [1.82, 2.24) is 5.32 Å². The van der Waals surface area contributed by atoms with Crippen molar-refractivity contribution >= 4 is 0 Å². The number of aryl methyl sites for hydroxylation is 1. The van der Waals surface area contributed by atoms with Crippen LogP contribution in [0.3, 0.4) is 0 Å². The highest BCUT2D eigenvalue weighted by Crippen LogP contribution is 2.36. The van der Waals surface area contributed by atoms with Crippen LogP contribution >= 0.6 is 0 Å². The fourth-order valence-corrected chi connectivity index (χ4v) is 2.96. The number of hydrogen-bond acceptors (Lipinski definition) is 1. The Bertz CT molecular complexity index is 319. The topological polar surface area (TPSA) is 12.0 Å². The first-order valence-electron chi connectivity index (χ1n) is 6.52. The summed E-state index contributed by atoms with van der Waals surface area (Å²) in [5, 5.41) is 3.63. The molecular weight excluding hydrogens is 194 g/mol. The molecule has 1 fully saturated rings. The maximum atomic E-state index is 3.63. The van der Waals surface area contributed by atoms with E-state index in [1.807, 2.05) is 0 Å². The maximum absolute atomic E-state index is 3.63. The third-order valence-electron chi connectivity index (χ3n) is 4.16. The van der Waals surface area contributed by atoms with Crippen molar-refractivity contribution in [2.75, 3.05) is 6.54 Å². The molecule has 0 bridgehead atoms. The fourth-order valence-electron chi connectivity index (χ4n) is 2.96. The van der Waals surface area contributed by atoms with Gasteiger partial charge in [0.05, 0.1) is 0 Å². The Morgan fingerprint density at radius 3 is 2.75 bits per heavy atom. The van der Waals surface area contributed by atoms with Crippen molar-refractivity contribution < 1.29 is 0 Å². The number of hydrogen-bond donors (Lipinski definition) is 1. The molecule has 1 saturated heterocycles. The fraction of sp³-hybridized carbons (Fsp3) is 0.600. The largest absolute Gasteiger partial charge is 0.313 e. The summed E-state index contributed by atoms with van der Waals surface area (Å²) in [5.74, 6) is 0. The van der Waals surface area contributed by atoms with Gasteiger partial charge in [-0.05, 0) is 43.2 Å². The van der Waals surface area contributed by atoms with E-state index in [4.69, 9.17) is 0 Å². The van der Waals surface area contributed by atoms with E-state index in [9.17, 15) is 0 Å². The molecular formula is C15H23N. The Morgan fingerprint density at radius 1 is 1.31 bits per heavy atom. The average molecular weight is 217 g/mol.